The van der Waals surface area contributed by atoms with Crippen molar-refractivity contribution < 1.29 is 9.53 Å². The van der Waals surface area contributed by atoms with Gasteiger partial charge in [0.25, 0.3) is 5.91 Å². The normalized spacial score (nSPS) is 13.3. The average Bonchev–Trinajstić information content (AvgIpc) is 2.53. The molecule has 1 unspecified atom stereocenters. The first-order chi connectivity index (χ1) is 11.0. The van der Waals surface area contributed by atoms with Crippen molar-refractivity contribution in [1.29, 1.82) is 0 Å². The zero-order chi connectivity index (χ0) is 17.0. The molecule has 1 atom stereocenters. The van der Waals surface area contributed by atoms with Crippen LogP contribution in [0, 0.1) is 19.3 Å². The van der Waals surface area contributed by atoms with Gasteiger partial charge in [0, 0.05) is 23.6 Å². The fourth-order valence-corrected chi connectivity index (χ4v) is 3.31. The summed E-state index contributed by atoms with van der Waals surface area (Å²) in [6.45, 7) is 3.94. The zero-order valence-electron chi connectivity index (χ0n) is 13.6. The summed E-state index contributed by atoms with van der Waals surface area (Å²) >= 11 is 1.32. The summed E-state index contributed by atoms with van der Waals surface area (Å²) in [7, 11) is 0. The van der Waals surface area contributed by atoms with E-state index in [4.69, 9.17) is 16.9 Å². The molecule has 2 rings (SSSR count). The number of fused-ring (bicyclic) bond motifs is 1. The Morgan fingerprint density at radius 1 is 1.48 bits per heavy atom. The van der Waals surface area contributed by atoms with Gasteiger partial charge in [-0.25, -0.2) is 0 Å². The van der Waals surface area contributed by atoms with E-state index in [1.54, 1.807) is 6.20 Å². The molecule has 120 valence electrons. The van der Waals surface area contributed by atoms with Crippen LogP contribution >= 0.6 is 11.8 Å². The summed E-state index contributed by atoms with van der Waals surface area (Å²) in [4.78, 5) is 15.3. The summed E-state index contributed by atoms with van der Waals surface area (Å²) in [5, 5.41) is 0.881. The number of ether oxygens (including phenoxy) is 1. The van der Waals surface area contributed by atoms with E-state index in [0.29, 0.717) is 17.7 Å². The number of hydrogen-bond donors (Lipinski definition) is 1. The van der Waals surface area contributed by atoms with Crippen LogP contribution in [0.4, 0.5) is 0 Å². The number of pyridine rings is 1. The molecule has 0 aliphatic rings. The van der Waals surface area contributed by atoms with Crippen LogP contribution in [0.3, 0.4) is 0 Å². The summed E-state index contributed by atoms with van der Waals surface area (Å²) in [5.41, 5.74) is 8.11. The van der Waals surface area contributed by atoms with Gasteiger partial charge in [-0.3, -0.25) is 9.78 Å². The Balaban J connectivity index is 2.50. The second kappa shape index (κ2) is 6.93. The van der Waals surface area contributed by atoms with Crippen molar-refractivity contribution in [2.24, 2.45) is 5.73 Å². The molecule has 1 aromatic carbocycles. The minimum absolute atomic E-state index is 0.472. The van der Waals surface area contributed by atoms with Crippen LogP contribution in [0.15, 0.2) is 24.4 Å². The van der Waals surface area contributed by atoms with Crippen LogP contribution in [0.1, 0.15) is 30.9 Å². The van der Waals surface area contributed by atoms with E-state index in [9.17, 15) is 4.79 Å². The van der Waals surface area contributed by atoms with E-state index in [1.165, 1.54) is 11.8 Å². The molecule has 0 saturated heterocycles. The van der Waals surface area contributed by atoms with Crippen LogP contribution in [-0.4, -0.2) is 22.1 Å². The molecule has 2 aromatic rings. The van der Waals surface area contributed by atoms with Gasteiger partial charge in [-0.2, -0.15) is 0 Å². The van der Waals surface area contributed by atoms with Gasteiger partial charge >= 0.3 is 0 Å². The quantitative estimate of drug-likeness (QED) is 0.653. The van der Waals surface area contributed by atoms with Crippen molar-refractivity contribution in [1.82, 2.24) is 4.98 Å². The van der Waals surface area contributed by atoms with Crippen molar-refractivity contribution in [2.75, 3.05) is 6.26 Å². The SMILES string of the molecule is C#Cc1cnc2c(C)cc(OC(CCC)(SC)C(N)=O)cc2c1. The third kappa shape index (κ3) is 3.43. The summed E-state index contributed by atoms with van der Waals surface area (Å²) in [6, 6.07) is 5.60. The number of thioether (sulfide) groups is 1. The lowest BCUT2D eigenvalue weighted by atomic mass is 10.1. The predicted molar refractivity (Wildman–Crippen MR) is 95.4 cm³/mol. The van der Waals surface area contributed by atoms with E-state index < -0.39 is 10.8 Å². The molecule has 0 bridgehead atoms. The highest BCUT2D eigenvalue weighted by molar-refractivity contribution is 8.00. The Kier molecular flexibility index (Phi) is 5.17. The van der Waals surface area contributed by atoms with Crippen molar-refractivity contribution in [2.45, 2.75) is 31.6 Å². The molecule has 0 saturated carbocycles. The lowest BCUT2D eigenvalue weighted by Gasteiger charge is -2.29. The van der Waals surface area contributed by atoms with Gasteiger partial charge < -0.3 is 10.5 Å². The van der Waals surface area contributed by atoms with E-state index >= 15 is 0 Å². The number of carbonyl (C=O) groups is 1. The van der Waals surface area contributed by atoms with E-state index in [2.05, 4.69) is 10.9 Å². The summed E-state index contributed by atoms with van der Waals surface area (Å²) in [6.07, 6.45) is 10.3. The molecule has 0 aliphatic heterocycles. The Labute approximate surface area is 140 Å². The third-order valence-electron chi connectivity index (χ3n) is 3.68. The number of nitrogens with two attached hydrogens (primary N) is 1. The zero-order valence-corrected chi connectivity index (χ0v) is 14.4. The first kappa shape index (κ1) is 17.2. The van der Waals surface area contributed by atoms with Crippen molar-refractivity contribution in [3.63, 3.8) is 0 Å². The molecule has 1 amide bonds. The number of primary amides is 1. The second-order valence-electron chi connectivity index (χ2n) is 5.35. The van der Waals surface area contributed by atoms with Gasteiger partial charge in [0.05, 0.1) is 5.52 Å². The molecule has 1 heterocycles. The Bertz CT molecular complexity index is 782. The van der Waals surface area contributed by atoms with Gasteiger partial charge in [0.15, 0.2) is 0 Å². The van der Waals surface area contributed by atoms with Gasteiger partial charge in [-0.05, 0) is 36.9 Å². The smallest absolute Gasteiger partial charge is 0.272 e. The molecule has 0 spiro atoms. The number of rotatable bonds is 6. The highest BCUT2D eigenvalue weighted by Gasteiger charge is 2.37. The summed E-state index contributed by atoms with van der Waals surface area (Å²) in [5.74, 6) is 2.69. The van der Waals surface area contributed by atoms with Crippen LogP contribution < -0.4 is 10.5 Å². The van der Waals surface area contributed by atoms with E-state index in [1.807, 2.05) is 38.3 Å². The maximum absolute atomic E-state index is 11.9. The molecule has 2 N–H and O–H groups in total. The van der Waals surface area contributed by atoms with Crippen LogP contribution in [0.2, 0.25) is 0 Å². The van der Waals surface area contributed by atoms with Crippen molar-refractivity contribution in [3.8, 4) is 18.1 Å². The molecule has 4 nitrogen and oxygen atoms in total. The van der Waals surface area contributed by atoms with E-state index in [0.717, 1.165) is 22.9 Å². The van der Waals surface area contributed by atoms with Gasteiger partial charge in [0.1, 0.15) is 5.75 Å². The number of aryl methyl sites for hydroxylation is 1. The molecule has 0 fully saturated rings. The third-order valence-corrected chi connectivity index (χ3v) is 4.83. The van der Waals surface area contributed by atoms with Gasteiger partial charge in [0.2, 0.25) is 4.93 Å². The molecule has 5 heteroatoms. The molecule has 1 aromatic heterocycles. The largest absolute Gasteiger partial charge is 0.467 e. The Morgan fingerprint density at radius 2 is 2.22 bits per heavy atom. The maximum Gasteiger partial charge on any atom is 0.272 e. The number of amides is 1. The predicted octanol–water partition coefficient (Wildman–Crippen LogP) is 3.25. The van der Waals surface area contributed by atoms with Gasteiger partial charge in [-0.15, -0.1) is 18.2 Å². The molecular formula is C18H20N2O2S. The standard InChI is InChI=1S/C18H20N2O2S/c1-5-7-18(23-4,17(19)21)22-15-8-12(3)16-14(10-15)9-13(6-2)11-20-16/h2,8-11H,5,7H2,1,3-4H3,(H2,19,21). The average molecular weight is 328 g/mol. The fourth-order valence-electron chi connectivity index (χ4n) is 2.52. The highest BCUT2D eigenvalue weighted by atomic mass is 32.2. The monoisotopic (exact) mass is 328 g/mol. The number of nitrogens with zero attached hydrogens (tertiary/aromatic N) is 1. The Morgan fingerprint density at radius 3 is 2.78 bits per heavy atom. The number of aromatic nitrogens is 1. The van der Waals surface area contributed by atoms with Crippen LogP contribution in [-0.2, 0) is 4.79 Å². The minimum Gasteiger partial charge on any atom is -0.467 e. The van der Waals surface area contributed by atoms with Crippen molar-refractivity contribution in [3.05, 3.63) is 35.5 Å². The molecule has 0 aliphatic carbocycles. The van der Waals surface area contributed by atoms with Crippen LogP contribution in [0.25, 0.3) is 10.9 Å². The first-order valence-electron chi connectivity index (χ1n) is 7.37. The van der Waals surface area contributed by atoms with Crippen molar-refractivity contribution >= 4 is 28.6 Å². The molecule has 23 heavy (non-hydrogen) atoms. The lowest BCUT2D eigenvalue weighted by Crippen LogP contribution is -2.45. The topological polar surface area (TPSA) is 65.2 Å². The van der Waals surface area contributed by atoms with Crippen LogP contribution in [0.5, 0.6) is 5.75 Å². The van der Waals surface area contributed by atoms with Gasteiger partial charge in [-0.1, -0.05) is 19.3 Å². The maximum atomic E-state index is 11.9. The minimum atomic E-state index is -1.06. The lowest BCUT2D eigenvalue weighted by molar-refractivity contribution is -0.127. The number of hydrogen-bond acceptors (Lipinski definition) is 4. The number of carbonyl (C=O) groups excluding carboxylic acids is 1. The Hall–Kier alpha value is -2.19. The second-order valence-corrected chi connectivity index (χ2v) is 6.42. The number of terminal acetylenes is 1. The van der Waals surface area contributed by atoms with E-state index in [-0.39, 0.29) is 0 Å². The fraction of sp³-hybridized carbons (Fsp3) is 0.333. The summed E-state index contributed by atoms with van der Waals surface area (Å²) < 4.78 is 6.02. The number of benzene rings is 1. The highest BCUT2D eigenvalue weighted by Crippen LogP contribution is 2.34. The first-order valence-corrected chi connectivity index (χ1v) is 8.59. The molecular weight excluding hydrogens is 308 g/mol. The molecule has 0 radical (unpaired) electrons.